The molecule has 1 atom stereocenters. The first-order valence-corrected chi connectivity index (χ1v) is 10.2. The monoisotopic (exact) mass is 399 g/mol. The first-order valence-electron chi connectivity index (χ1n) is 9.34. The third-order valence-electron chi connectivity index (χ3n) is 3.96. The Hall–Kier alpha value is -1.80. The lowest BCUT2D eigenvalue weighted by Crippen LogP contribution is -2.44. The average molecular weight is 400 g/mol. The van der Waals surface area contributed by atoms with Crippen molar-refractivity contribution >= 4 is 29.0 Å². The van der Waals surface area contributed by atoms with Gasteiger partial charge in [-0.2, -0.15) is 0 Å². The van der Waals surface area contributed by atoms with Gasteiger partial charge >= 0.3 is 5.97 Å². The van der Waals surface area contributed by atoms with Gasteiger partial charge in [0.25, 0.3) is 0 Å². The smallest absolute Gasteiger partial charge is 0.357 e. The number of Topliss-reactive ketones (excluding diaryl/α,β-unsaturated/α-hetero) is 1. The van der Waals surface area contributed by atoms with E-state index in [0.29, 0.717) is 0 Å². The summed E-state index contributed by atoms with van der Waals surface area (Å²) in [4.78, 5) is 41.3. The summed E-state index contributed by atoms with van der Waals surface area (Å²) in [6.07, 6.45) is 2.77. The number of carbonyl (C=O) groups is 3. The molecule has 27 heavy (non-hydrogen) atoms. The number of ether oxygens (including phenoxy) is 1. The number of nitrogens with two attached hydrogens (primary N) is 1. The summed E-state index contributed by atoms with van der Waals surface area (Å²) in [5, 5.41) is 1.75. The van der Waals surface area contributed by atoms with E-state index in [-0.39, 0.29) is 53.9 Å². The molecule has 0 bridgehead atoms. The van der Waals surface area contributed by atoms with Gasteiger partial charge in [-0.3, -0.25) is 9.59 Å². The standard InChI is InChI=1S/C15H23N3O4S.C4H10/c1-5-22-15(21)10-8-23-14(17-10)12(19)6-11(9(2)3)18(4)13(20)7-16;1-3-4-2/h8-9,11H,5-7,16H2,1-4H3;3-4H2,1-2H3. The minimum Gasteiger partial charge on any atom is -0.461 e. The summed E-state index contributed by atoms with van der Waals surface area (Å²) in [6.45, 7) is 10.1. The van der Waals surface area contributed by atoms with Gasteiger partial charge in [-0.05, 0) is 12.8 Å². The van der Waals surface area contributed by atoms with E-state index < -0.39 is 5.97 Å². The lowest BCUT2D eigenvalue weighted by Gasteiger charge is -2.30. The molecule has 1 amide bonds. The molecule has 0 aliphatic heterocycles. The number of hydrogen-bond acceptors (Lipinski definition) is 7. The number of aromatic nitrogens is 1. The highest BCUT2D eigenvalue weighted by Gasteiger charge is 2.27. The molecule has 8 heteroatoms. The van der Waals surface area contributed by atoms with Crippen LogP contribution in [0.3, 0.4) is 0 Å². The Balaban J connectivity index is 0.00000153. The molecule has 1 aromatic rings. The van der Waals surface area contributed by atoms with Crippen LogP contribution < -0.4 is 5.73 Å². The van der Waals surface area contributed by atoms with Crippen molar-refractivity contribution in [2.45, 2.75) is 59.9 Å². The van der Waals surface area contributed by atoms with Gasteiger partial charge in [0.1, 0.15) is 0 Å². The number of carbonyl (C=O) groups excluding carboxylic acids is 3. The summed E-state index contributed by atoms with van der Waals surface area (Å²) >= 11 is 1.10. The fourth-order valence-electron chi connectivity index (χ4n) is 2.13. The van der Waals surface area contributed by atoms with Crippen molar-refractivity contribution in [3.63, 3.8) is 0 Å². The zero-order valence-electron chi connectivity index (χ0n) is 17.3. The van der Waals surface area contributed by atoms with Crippen LogP contribution in [0.2, 0.25) is 0 Å². The molecule has 154 valence electrons. The second-order valence-electron chi connectivity index (χ2n) is 6.41. The fraction of sp³-hybridized carbons (Fsp3) is 0.684. The Morgan fingerprint density at radius 2 is 1.81 bits per heavy atom. The Morgan fingerprint density at radius 3 is 2.26 bits per heavy atom. The van der Waals surface area contributed by atoms with E-state index in [1.54, 1.807) is 14.0 Å². The molecule has 7 nitrogen and oxygen atoms in total. The van der Waals surface area contributed by atoms with Gasteiger partial charge in [-0.25, -0.2) is 9.78 Å². The second-order valence-corrected chi connectivity index (χ2v) is 7.26. The van der Waals surface area contributed by atoms with E-state index in [1.807, 2.05) is 13.8 Å². The molecule has 0 spiro atoms. The zero-order chi connectivity index (χ0) is 21.0. The number of nitrogens with zero attached hydrogens (tertiary/aromatic N) is 2. The first-order chi connectivity index (χ1) is 12.7. The summed E-state index contributed by atoms with van der Waals surface area (Å²) in [5.41, 5.74) is 5.51. The van der Waals surface area contributed by atoms with Crippen molar-refractivity contribution in [2.75, 3.05) is 20.2 Å². The van der Waals surface area contributed by atoms with Gasteiger partial charge in [-0.1, -0.05) is 40.5 Å². The van der Waals surface area contributed by atoms with E-state index in [4.69, 9.17) is 10.5 Å². The normalized spacial score (nSPS) is 11.4. The first kappa shape index (κ1) is 25.2. The van der Waals surface area contributed by atoms with Gasteiger partial charge in [0.15, 0.2) is 16.5 Å². The number of hydrogen-bond donors (Lipinski definition) is 1. The van der Waals surface area contributed by atoms with Crippen LogP contribution >= 0.6 is 11.3 Å². The molecule has 0 fully saturated rings. The van der Waals surface area contributed by atoms with Gasteiger partial charge in [0.2, 0.25) is 5.91 Å². The van der Waals surface area contributed by atoms with E-state index >= 15 is 0 Å². The SMILES string of the molecule is CCCC.CCOC(=O)c1csc(C(=O)CC(C(C)C)N(C)C(=O)CN)n1. The van der Waals surface area contributed by atoms with Crippen molar-refractivity contribution < 1.29 is 19.1 Å². The molecule has 1 unspecified atom stereocenters. The maximum absolute atomic E-state index is 12.4. The van der Waals surface area contributed by atoms with Crippen LogP contribution in [0.15, 0.2) is 5.38 Å². The van der Waals surface area contributed by atoms with Crippen molar-refractivity contribution in [2.24, 2.45) is 11.7 Å². The van der Waals surface area contributed by atoms with Crippen LogP contribution in [0.5, 0.6) is 0 Å². The Kier molecular flexibility index (Phi) is 12.5. The third-order valence-corrected chi connectivity index (χ3v) is 4.84. The highest BCUT2D eigenvalue weighted by atomic mass is 32.1. The summed E-state index contributed by atoms with van der Waals surface area (Å²) in [5.74, 6) is -0.883. The average Bonchev–Trinajstić information content (AvgIpc) is 3.15. The quantitative estimate of drug-likeness (QED) is 0.505. The molecule has 1 heterocycles. The van der Waals surface area contributed by atoms with Crippen molar-refractivity contribution in [3.05, 3.63) is 16.1 Å². The van der Waals surface area contributed by atoms with Crippen LogP contribution in [0.4, 0.5) is 0 Å². The molecule has 0 aromatic carbocycles. The Bertz CT molecular complexity index is 600. The minimum absolute atomic E-state index is 0.0870. The molecule has 0 aliphatic rings. The van der Waals surface area contributed by atoms with Crippen LogP contribution in [0.1, 0.15) is 74.2 Å². The third kappa shape index (κ3) is 8.62. The predicted octanol–water partition coefficient (Wildman–Crippen LogP) is 3.14. The fourth-order valence-corrected chi connectivity index (χ4v) is 2.86. The van der Waals surface area contributed by atoms with Crippen molar-refractivity contribution in [1.82, 2.24) is 9.88 Å². The van der Waals surface area contributed by atoms with Gasteiger partial charge < -0.3 is 15.4 Å². The van der Waals surface area contributed by atoms with E-state index in [9.17, 15) is 14.4 Å². The molecular weight excluding hydrogens is 366 g/mol. The van der Waals surface area contributed by atoms with E-state index in [1.165, 1.54) is 23.1 Å². The van der Waals surface area contributed by atoms with Crippen LogP contribution in [0.25, 0.3) is 0 Å². The maximum Gasteiger partial charge on any atom is 0.357 e. The van der Waals surface area contributed by atoms with Gasteiger partial charge in [0, 0.05) is 24.9 Å². The zero-order valence-corrected chi connectivity index (χ0v) is 18.1. The Morgan fingerprint density at radius 1 is 1.22 bits per heavy atom. The highest BCUT2D eigenvalue weighted by Crippen LogP contribution is 2.19. The van der Waals surface area contributed by atoms with Crippen LogP contribution in [-0.4, -0.2) is 53.8 Å². The maximum atomic E-state index is 12.4. The molecule has 0 saturated heterocycles. The lowest BCUT2D eigenvalue weighted by atomic mass is 9.97. The highest BCUT2D eigenvalue weighted by molar-refractivity contribution is 7.11. The molecule has 2 N–H and O–H groups in total. The molecule has 1 rings (SSSR count). The van der Waals surface area contributed by atoms with Gasteiger partial charge in [0.05, 0.1) is 13.2 Å². The number of unbranched alkanes of at least 4 members (excludes halogenated alkanes) is 1. The molecule has 0 aliphatic carbocycles. The van der Waals surface area contributed by atoms with Crippen LogP contribution in [-0.2, 0) is 9.53 Å². The van der Waals surface area contributed by atoms with E-state index in [0.717, 1.165) is 11.3 Å². The molecular formula is C19H33N3O4S. The largest absolute Gasteiger partial charge is 0.461 e. The Labute approximate surface area is 166 Å². The van der Waals surface area contributed by atoms with E-state index in [2.05, 4.69) is 18.8 Å². The van der Waals surface area contributed by atoms with Crippen molar-refractivity contribution in [3.8, 4) is 0 Å². The molecule has 0 saturated carbocycles. The summed E-state index contributed by atoms with van der Waals surface area (Å²) in [6, 6.07) is -0.270. The topological polar surface area (TPSA) is 103 Å². The number of amides is 1. The summed E-state index contributed by atoms with van der Waals surface area (Å²) < 4.78 is 4.85. The lowest BCUT2D eigenvalue weighted by molar-refractivity contribution is -0.131. The number of ketones is 1. The molecule has 1 aromatic heterocycles. The van der Waals surface area contributed by atoms with Crippen molar-refractivity contribution in [1.29, 1.82) is 0 Å². The second kappa shape index (κ2) is 13.4. The number of thiazole rings is 1. The number of esters is 1. The molecule has 0 radical (unpaired) electrons. The number of rotatable bonds is 9. The van der Waals surface area contributed by atoms with Gasteiger partial charge in [-0.15, -0.1) is 11.3 Å². The number of likely N-dealkylation sites (N-methyl/N-ethyl adjacent to an activating group) is 1. The summed E-state index contributed by atoms with van der Waals surface area (Å²) in [7, 11) is 1.64. The van der Waals surface area contributed by atoms with Crippen LogP contribution in [0, 0.1) is 5.92 Å². The minimum atomic E-state index is -0.543. The predicted molar refractivity (Wildman–Crippen MR) is 108 cm³/mol.